The van der Waals surface area contributed by atoms with Gasteiger partial charge in [0.2, 0.25) is 0 Å². The van der Waals surface area contributed by atoms with E-state index in [1.165, 1.54) is 5.56 Å². The predicted molar refractivity (Wildman–Crippen MR) is 208 cm³/mol. The zero-order chi connectivity index (χ0) is 37.6. The maximum atomic E-state index is 13.5. The highest BCUT2D eigenvalue weighted by atomic mass is 35.5. The van der Waals surface area contributed by atoms with Crippen LogP contribution in [0.25, 0.3) is 0 Å². The quantitative estimate of drug-likeness (QED) is 0.140. The number of nitrogens with one attached hydrogen (secondary N) is 1. The van der Waals surface area contributed by atoms with Crippen LogP contribution in [0.2, 0.25) is 5.02 Å². The average Bonchev–Trinajstić information content (AvgIpc) is 3.15. The number of nitrogens with zero attached hydrogens (tertiary/aromatic N) is 1. The van der Waals surface area contributed by atoms with Gasteiger partial charge in [-0.25, -0.2) is 8.93 Å². The summed E-state index contributed by atoms with van der Waals surface area (Å²) in [6.07, 6.45) is 9.54. The van der Waals surface area contributed by atoms with Gasteiger partial charge in [-0.3, -0.25) is 4.79 Å². The summed E-state index contributed by atoms with van der Waals surface area (Å²) in [5.74, 6) is 0.567. The van der Waals surface area contributed by atoms with Crippen LogP contribution in [-0.4, -0.2) is 98.7 Å². The van der Waals surface area contributed by atoms with Gasteiger partial charge in [-0.05, 0) is 105 Å². The van der Waals surface area contributed by atoms with Gasteiger partial charge in [0.15, 0.2) is 0 Å². The molecule has 1 unspecified atom stereocenters. The smallest absolute Gasteiger partial charge is 0.371 e. The summed E-state index contributed by atoms with van der Waals surface area (Å²) in [5.41, 5.74) is 3.39. The van der Waals surface area contributed by atoms with Gasteiger partial charge in [-0.15, -0.1) is 0 Å². The van der Waals surface area contributed by atoms with E-state index in [4.69, 9.17) is 40.0 Å². The number of allylic oxidation sites excluding steroid dienone is 1. The number of anilines is 1. The third kappa shape index (κ3) is 12.1. The van der Waals surface area contributed by atoms with E-state index in [0.717, 1.165) is 56.4 Å². The van der Waals surface area contributed by atoms with Crippen molar-refractivity contribution in [1.82, 2.24) is 4.72 Å². The molecule has 294 valence electrons. The van der Waals surface area contributed by atoms with Gasteiger partial charge in [0.05, 0.1) is 64.6 Å². The summed E-state index contributed by atoms with van der Waals surface area (Å²) in [4.78, 5) is 15.9. The van der Waals surface area contributed by atoms with Crippen molar-refractivity contribution >= 4 is 33.2 Å². The molecule has 6 atom stereocenters. The lowest BCUT2D eigenvalue weighted by Crippen LogP contribution is -2.44. The van der Waals surface area contributed by atoms with Crippen molar-refractivity contribution in [2.45, 2.75) is 70.3 Å². The molecule has 1 saturated carbocycles. The zero-order valence-corrected chi connectivity index (χ0v) is 33.0. The molecular formula is C40H58ClN2O9S+. The molecule has 53 heavy (non-hydrogen) atoms. The number of halogens is 1. The topological polar surface area (TPSA) is 126 Å². The Morgan fingerprint density at radius 1 is 0.943 bits per heavy atom. The number of carbonyl (C=O) groups excluding carboxylic acids is 1. The van der Waals surface area contributed by atoms with Gasteiger partial charge in [0, 0.05) is 30.8 Å². The standard InChI is InChI=1S/C40H57ClN2O9S/c1-29-7-6-9-38(51-24-23-50-22-21-49-20-19-48-18-17-47-3)36-14-11-33(36)27-43-16-5-4-8-31-25-35(41)13-10-34(31)28-52-39-15-12-32(26-37(39)43)40(44)42-53(45,46)30(29)2/h6,9-10,12-13,15,25-26,29-30,33,36,38H,4-5,7-8,11,14,16-24,27-28H2,1-3H3,(H,42,44,45,46)/p+1/b9-6+/t29-,30+,33-,36+,38-/m0/s1. The Kier molecular flexibility index (Phi) is 16.3. The van der Waals surface area contributed by atoms with Gasteiger partial charge in [-0.2, -0.15) is 4.21 Å². The fraction of sp³-hybridized carbons (Fsp3) is 0.625. The number of methoxy groups -OCH3 is 1. The summed E-state index contributed by atoms with van der Waals surface area (Å²) < 4.78 is 61.9. The lowest BCUT2D eigenvalue weighted by molar-refractivity contribution is -0.0454. The number of amides is 1. The number of benzene rings is 2. The third-order valence-corrected chi connectivity index (χ3v) is 12.9. The van der Waals surface area contributed by atoms with Crippen molar-refractivity contribution in [3.05, 3.63) is 70.3 Å². The Hall–Kier alpha value is -2.71. The van der Waals surface area contributed by atoms with Crippen LogP contribution in [0, 0.1) is 17.8 Å². The summed E-state index contributed by atoms with van der Waals surface area (Å²) in [5, 5.41) is 0.0311. The van der Waals surface area contributed by atoms with E-state index >= 15 is 0 Å². The molecule has 13 heteroatoms. The maximum Gasteiger partial charge on any atom is 0.371 e. The molecule has 2 bridgehead atoms. The lowest BCUT2D eigenvalue weighted by Gasteiger charge is -2.44. The molecule has 2 aliphatic heterocycles. The van der Waals surface area contributed by atoms with Crippen LogP contribution < -0.4 is 14.4 Å². The number of fused-ring (bicyclic) bond motifs is 3. The normalized spacial score (nSPS) is 27.3. The number of hydrogen-bond acceptors (Lipinski definition) is 9. The molecule has 1 aliphatic carbocycles. The molecule has 1 amide bonds. The molecule has 11 nitrogen and oxygen atoms in total. The van der Waals surface area contributed by atoms with Crippen LogP contribution in [0.3, 0.4) is 0 Å². The van der Waals surface area contributed by atoms with Crippen molar-refractivity contribution in [1.29, 1.82) is 0 Å². The highest BCUT2D eigenvalue weighted by Crippen LogP contribution is 2.42. The Bertz CT molecular complexity index is 1610. The van der Waals surface area contributed by atoms with Gasteiger partial charge in [0.25, 0.3) is 5.91 Å². The molecule has 1 fully saturated rings. The van der Waals surface area contributed by atoms with Crippen molar-refractivity contribution < 1.29 is 41.6 Å². The first kappa shape index (κ1) is 41.5. The van der Waals surface area contributed by atoms with Gasteiger partial charge in [0.1, 0.15) is 17.6 Å². The van der Waals surface area contributed by atoms with Gasteiger partial charge >= 0.3 is 10.0 Å². The summed E-state index contributed by atoms with van der Waals surface area (Å²) in [6.45, 7) is 9.53. The molecule has 0 radical (unpaired) electrons. The largest absolute Gasteiger partial charge is 0.487 e. The van der Waals surface area contributed by atoms with Crippen LogP contribution in [-0.2, 0) is 46.7 Å². The van der Waals surface area contributed by atoms with Crippen LogP contribution in [0.15, 0.2) is 48.6 Å². The molecule has 0 spiro atoms. The van der Waals surface area contributed by atoms with E-state index in [0.29, 0.717) is 88.1 Å². The van der Waals surface area contributed by atoms with E-state index < -0.39 is 21.2 Å². The van der Waals surface area contributed by atoms with Crippen molar-refractivity contribution in [3.63, 3.8) is 0 Å². The van der Waals surface area contributed by atoms with Crippen molar-refractivity contribution in [3.8, 4) is 5.75 Å². The molecule has 5 rings (SSSR count). The molecule has 2 aromatic carbocycles. The number of rotatable bonds is 13. The van der Waals surface area contributed by atoms with Crippen molar-refractivity contribution in [2.24, 2.45) is 17.8 Å². The zero-order valence-electron chi connectivity index (χ0n) is 31.5. The molecule has 0 aromatic heterocycles. The second-order valence-corrected chi connectivity index (χ2v) is 16.8. The highest BCUT2D eigenvalue weighted by molar-refractivity contribution is 7.90. The molecule has 2 aromatic rings. The van der Waals surface area contributed by atoms with Crippen LogP contribution in [0.4, 0.5) is 5.69 Å². The average molecular weight is 778 g/mol. The lowest BCUT2D eigenvalue weighted by atomic mass is 9.70. The van der Waals surface area contributed by atoms with E-state index in [2.05, 4.69) is 21.8 Å². The number of hydrogen-bond donors (Lipinski definition) is 1. The Morgan fingerprint density at radius 2 is 1.68 bits per heavy atom. The Balaban J connectivity index is 1.32. The summed E-state index contributed by atoms with van der Waals surface area (Å²) in [6, 6.07) is 11.2. The fourth-order valence-corrected chi connectivity index (χ4v) is 8.59. The third-order valence-electron chi connectivity index (χ3n) is 10.7. The van der Waals surface area contributed by atoms with E-state index in [-0.39, 0.29) is 17.9 Å². The number of carbonyl (C=O) groups is 1. The minimum Gasteiger partial charge on any atom is -0.487 e. The van der Waals surface area contributed by atoms with Gasteiger partial charge in [-0.1, -0.05) is 36.7 Å². The van der Waals surface area contributed by atoms with Crippen LogP contribution in [0.5, 0.6) is 5.75 Å². The second-order valence-electron chi connectivity index (χ2n) is 14.3. The number of ether oxygens (including phenoxy) is 6. The monoisotopic (exact) mass is 777 g/mol. The molecule has 3 aliphatic rings. The SMILES string of the molecule is COCCOCCOCCOCCO[C@H]1/C=C/C[C@H](C)[C@@H](C)S(=O)(=[OH+])NC(=O)c2ccc3c(c2)N(CCCCc2cc(Cl)ccc2CO3)C[C@@H]2CC[C@H]21. The fourth-order valence-electron chi connectivity index (χ4n) is 7.08. The van der Waals surface area contributed by atoms with Crippen LogP contribution >= 0.6 is 11.6 Å². The minimum atomic E-state index is -3.70. The first-order chi connectivity index (χ1) is 25.7. The first-order valence-corrected chi connectivity index (χ1v) is 21.0. The molecular weight excluding hydrogens is 720 g/mol. The second kappa shape index (κ2) is 20.8. The van der Waals surface area contributed by atoms with E-state index in [1.54, 1.807) is 20.1 Å². The molecule has 2 N–H and O–H groups in total. The Labute approximate surface area is 320 Å². The van der Waals surface area contributed by atoms with E-state index in [1.807, 2.05) is 37.3 Å². The molecule has 0 saturated heterocycles. The minimum absolute atomic E-state index is 0.128. The maximum absolute atomic E-state index is 13.5. The first-order valence-electron chi connectivity index (χ1n) is 19.0. The highest BCUT2D eigenvalue weighted by Gasteiger charge is 2.39. The number of aryl methyl sites for hydroxylation is 1. The predicted octanol–water partition coefficient (Wildman–Crippen LogP) is 6.37. The van der Waals surface area contributed by atoms with Crippen molar-refractivity contribution in [2.75, 3.05) is 78.0 Å². The summed E-state index contributed by atoms with van der Waals surface area (Å²) in [7, 11) is -2.06. The molecule has 2 heterocycles. The van der Waals surface area contributed by atoms with E-state index in [9.17, 15) is 13.2 Å². The van der Waals surface area contributed by atoms with Gasteiger partial charge < -0.3 is 33.3 Å². The summed E-state index contributed by atoms with van der Waals surface area (Å²) >= 11 is 6.37. The Morgan fingerprint density at radius 3 is 2.40 bits per heavy atom. The van der Waals surface area contributed by atoms with Crippen LogP contribution in [0.1, 0.15) is 67.4 Å².